The summed E-state index contributed by atoms with van der Waals surface area (Å²) in [6.07, 6.45) is -14.2. The molecule has 0 saturated carbocycles. The minimum Gasteiger partial charge on any atom is -0.394 e. The molecule has 2 heterocycles. The van der Waals surface area contributed by atoms with Gasteiger partial charge in [0.1, 0.15) is 48.8 Å². The van der Waals surface area contributed by atoms with Crippen molar-refractivity contribution >= 4 is 0 Å². The lowest BCUT2D eigenvalue weighted by Gasteiger charge is -2.39. The van der Waals surface area contributed by atoms with E-state index in [1.807, 2.05) is 30.3 Å². The normalized spacial score (nSPS) is 34.0. The summed E-state index contributed by atoms with van der Waals surface area (Å²) in [7, 11) is 0. The highest BCUT2D eigenvalue weighted by molar-refractivity contribution is 5.29. The lowest BCUT2D eigenvalue weighted by molar-refractivity contribution is -0.304. The van der Waals surface area contributed by atoms with E-state index in [2.05, 4.69) is 0 Å². The van der Waals surface area contributed by atoms with E-state index in [-0.39, 0.29) is 19.8 Å². The fraction of sp³-hybridized carbons (Fsp3) is 0.571. The summed E-state index contributed by atoms with van der Waals surface area (Å²) >= 11 is 0. The van der Waals surface area contributed by atoms with E-state index in [9.17, 15) is 40.9 Å². The molecule has 10 atom stereocenters. The van der Waals surface area contributed by atoms with Crippen LogP contribution in [-0.4, -0.2) is 115 Å². The van der Waals surface area contributed by atoms with Crippen molar-refractivity contribution in [1.82, 2.24) is 0 Å². The van der Waals surface area contributed by atoms with Gasteiger partial charge in [-0.3, -0.25) is 0 Å². The molecule has 0 aliphatic carbocycles. The first-order valence-electron chi connectivity index (χ1n) is 13.3. The fourth-order valence-electron chi connectivity index (χ4n) is 4.72. The van der Waals surface area contributed by atoms with Crippen LogP contribution in [0.25, 0.3) is 0 Å². The average molecular weight is 583 g/mol. The first kappa shape index (κ1) is 31.8. The number of benzene rings is 2. The predicted octanol–water partition coefficient (Wildman–Crippen LogP) is -1.96. The number of ether oxygens (including phenoxy) is 5. The number of hydrogen-bond donors (Lipinski definition) is 8. The molecule has 0 aromatic heterocycles. The molecule has 2 aromatic carbocycles. The Balaban J connectivity index is 1.45. The second-order valence-corrected chi connectivity index (χ2v) is 10.2. The van der Waals surface area contributed by atoms with Crippen molar-refractivity contribution in [3.8, 4) is 0 Å². The van der Waals surface area contributed by atoms with Gasteiger partial charge in [-0.25, -0.2) is 0 Å². The summed E-state index contributed by atoms with van der Waals surface area (Å²) in [6, 6.07) is 14.9. The van der Waals surface area contributed by atoms with Gasteiger partial charge in [-0.15, -0.1) is 0 Å². The van der Waals surface area contributed by atoms with Crippen molar-refractivity contribution in [2.24, 2.45) is 0 Å². The van der Waals surface area contributed by atoms with Crippen LogP contribution in [0.5, 0.6) is 0 Å². The van der Waals surface area contributed by atoms with Crippen molar-refractivity contribution in [2.75, 3.05) is 13.2 Å². The van der Waals surface area contributed by atoms with E-state index < -0.39 is 74.6 Å². The molecule has 13 heteroatoms. The van der Waals surface area contributed by atoms with Gasteiger partial charge < -0.3 is 64.5 Å². The maximum Gasteiger partial charge on any atom is 0.187 e. The molecule has 2 aliphatic rings. The molecule has 0 bridgehead atoms. The fourth-order valence-corrected chi connectivity index (χ4v) is 4.72. The largest absolute Gasteiger partial charge is 0.394 e. The molecular weight excluding hydrogens is 544 g/mol. The Bertz CT molecular complexity index is 1010. The Morgan fingerprint density at radius 2 is 0.927 bits per heavy atom. The highest BCUT2D eigenvalue weighted by Crippen LogP contribution is 2.25. The average Bonchev–Trinajstić information content (AvgIpc) is 2.98. The predicted molar refractivity (Wildman–Crippen MR) is 138 cm³/mol. The molecule has 41 heavy (non-hydrogen) atoms. The topological polar surface area (TPSA) is 208 Å². The van der Waals surface area contributed by atoms with Gasteiger partial charge in [0, 0.05) is 0 Å². The minimum atomic E-state index is -1.58. The Morgan fingerprint density at radius 3 is 1.37 bits per heavy atom. The highest BCUT2D eigenvalue weighted by Gasteiger charge is 2.45. The molecule has 4 rings (SSSR count). The smallest absolute Gasteiger partial charge is 0.187 e. The van der Waals surface area contributed by atoms with E-state index in [4.69, 9.17) is 23.7 Å². The zero-order valence-electron chi connectivity index (χ0n) is 22.3. The molecular formula is C28H38O13. The number of rotatable bonds is 12. The molecule has 0 amide bonds. The Hall–Kier alpha value is -2.08. The van der Waals surface area contributed by atoms with Crippen molar-refractivity contribution < 1.29 is 64.5 Å². The summed E-state index contributed by atoms with van der Waals surface area (Å²) in [5.41, 5.74) is 2.94. The molecule has 2 fully saturated rings. The quantitative estimate of drug-likeness (QED) is 0.137. The van der Waals surface area contributed by atoms with Crippen LogP contribution in [-0.2, 0) is 50.1 Å². The molecule has 13 nitrogen and oxygen atoms in total. The van der Waals surface area contributed by atoms with E-state index in [0.29, 0.717) is 17.7 Å². The van der Waals surface area contributed by atoms with Crippen LogP contribution in [0.1, 0.15) is 22.3 Å². The monoisotopic (exact) mass is 582 g/mol. The van der Waals surface area contributed by atoms with E-state index in [1.165, 1.54) is 0 Å². The van der Waals surface area contributed by atoms with Crippen molar-refractivity contribution in [2.45, 2.75) is 87.8 Å². The third-order valence-electron chi connectivity index (χ3n) is 7.02. The van der Waals surface area contributed by atoms with Crippen LogP contribution in [0.4, 0.5) is 0 Å². The number of aliphatic hydroxyl groups is 8. The first-order chi connectivity index (χ1) is 19.7. The van der Waals surface area contributed by atoms with E-state index >= 15 is 0 Å². The minimum absolute atomic E-state index is 0.0950. The van der Waals surface area contributed by atoms with Gasteiger partial charge in [0.2, 0.25) is 0 Å². The van der Waals surface area contributed by atoms with Crippen LogP contribution in [0.15, 0.2) is 48.5 Å². The van der Waals surface area contributed by atoms with Crippen molar-refractivity contribution in [3.63, 3.8) is 0 Å². The van der Waals surface area contributed by atoms with Gasteiger partial charge in [-0.2, -0.15) is 0 Å². The van der Waals surface area contributed by atoms with E-state index in [0.717, 1.165) is 11.1 Å². The number of aliphatic hydroxyl groups excluding tert-OH is 8. The van der Waals surface area contributed by atoms with Gasteiger partial charge in [0.25, 0.3) is 0 Å². The third kappa shape index (κ3) is 8.06. The Kier molecular flexibility index (Phi) is 11.6. The maximum absolute atomic E-state index is 10.3. The summed E-state index contributed by atoms with van der Waals surface area (Å²) in [4.78, 5) is 0. The summed E-state index contributed by atoms with van der Waals surface area (Å²) in [5.74, 6) is 0. The summed E-state index contributed by atoms with van der Waals surface area (Å²) in [5, 5.41) is 79.5. The zero-order valence-corrected chi connectivity index (χ0v) is 22.3. The Labute approximate surface area is 236 Å². The summed E-state index contributed by atoms with van der Waals surface area (Å²) < 4.78 is 28.1. The molecule has 2 saturated heterocycles. The van der Waals surface area contributed by atoms with Gasteiger partial charge in [-0.1, -0.05) is 48.5 Å². The molecule has 2 aliphatic heterocycles. The Morgan fingerprint density at radius 1 is 0.512 bits per heavy atom. The lowest BCUT2D eigenvalue weighted by atomic mass is 9.99. The summed E-state index contributed by atoms with van der Waals surface area (Å²) in [6.45, 7) is -0.777. The molecule has 0 unspecified atom stereocenters. The van der Waals surface area contributed by atoms with Crippen LogP contribution >= 0.6 is 0 Å². The van der Waals surface area contributed by atoms with Crippen LogP contribution in [0.3, 0.4) is 0 Å². The van der Waals surface area contributed by atoms with Gasteiger partial charge >= 0.3 is 0 Å². The second-order valence-electron chi connectivity index (χ2n) is 10.2. The lowest BCUT2D eigenvalue weighted by Crippen LogP contribution is -2.59. The van der Waals surface area contributed by atoms with Gasteiger partial charge in [-0.05, 0) is 22.3 Å². The highest BCUT2D eigenvalue weighted by atomic mass is 16.7. The number of hydrogen-bond acceptors (Lipinski definition) is 13. The molecule has 8 N–H and O–H groups in total. The second kappa shape index (κ2) is 14.9. The van der Waals surface area contributed by atoms with Crippen LogP contribution in [0.2, 0.25) is 0 Å². The molecule has 228 valence electrons. The zero-order chi connectivity index (χ0) is 29.5. The SMILES string of the molecule is OC[C@H]1O[C@@H](OCc2cc(COCc3ccccc3)cc(CO[C@@H]3O[C@H](CO)[C@H](O)[C@H](O)[C@H]3O)c2)[C@H](O)[C@@H](O)[C@H]1O. The van der Waals surface area contributed by atoms with Crippen molar-refractivity contribution in [1.29, 1.82) is 0 Å². The first-order valence-corrected chi connectivity index (χ1v) is 13.3. The maximum atomic E-state index is 10.3. The van der Waals surface area contributed by atoms with Crippen molar-refractivity contribution in [3.05, 3.63) is 70.8 Å². The van der Waals surface area contributed by atoms with E-state index in [1.54, 1.807) is 18.2 Å². The van der Waals surface area contributed by atoms with Crippen LogP contribution < -0.4 is 0 Å². The molecule has 0 spiro atoms. The van der Waals surface area contributed by atoms with Crippen LogP contribution in [0, 0.1) is 0 Å². The van der Waals surface area contributed by atoms with Gasteiger partial charge in [0.15, 0.2) is 12.6 Å². The molecule has 0 radical (unpaired) electrons. The molecule has 2 aromatic rings. The third-order valence-corrected chi connectivity index (χ3v) is 7.02. The standard InChI is InChI=1S/C28H38O13/c29-9-19-21(31)23(33)25(35)27(40-19)38-13-17-6-16(12-37-11-15-4-2-1-3-5-15)7-18(8-17)14-39-28-26(36)24(34)22(32)20(10-30)41-28/h1-8,19-36H,9-14H2/t19-,20-,21+,22+,23+,24+,25-,26-,27-,28-/m1/s1. The van der Waals surface area contributed by atoms with Gasteiger partial charge in [0.05, 0.1) is 39.6 Å².